The van der Waals surface area contributed by atoms with Gasteiger partial charge in [0.2, 0.25) is 0 Å². The van der Waals surface area contributed by atoms with E-state index in [9.17, 15) is 9.59 Å². The van der Waals surface area contributed by atoms with Crippen LogP contribution in [0.15, 0.2) is 112 Å². The molecule has 0 spiro atoms. The fraction of sp³-hybridized carbons (Fsp3) is 0.125. The number of para-hydroxylation sites is 1. The monoisotopic (exact) mass is 562 g/mol. The number of fused-ring (bicyclic) bond motifs is 1. The zero-order valence-electron chi connectivity index (χ0n) is 22.6. The first kappa shape index (κ1) is 26.2. The highest BCUT2D eigenvalue weighted by atomic mass is 32.1. The minimum Gasteiger partial charge on any atom is -0.497 e. The van der Waals surface area contributed by atoms with Crippen molar-refractivity contribution < 1.29 is 14.3 Å². The molecule has 0 saturated carbocycles. The molecule has 0 saturated heterocycles. The highest BCUT2D eigenvalue weighted by Crippen LogP contribution is 2.31. The van der Waals surface area contributed by atoms with E-state index in [2.05, 4.69) is 4.99 Å². The maximum absolute atomic E-state index is 14.1. The smallest absolute Gasteiger partial charge is 0.338 e. The van der Waals surface area contributed by atoms with E-state index in [1.165, 1.54) is 18.4 Å². The van der Waals surface area contributed by atoms with Crippen LogP contribution in [-0.4, -0.2) is 34.5 Å². The first-order valence-electron chi connectivity index (χ1n) is 12.9. The number of hydrogen-bond donors (Lipinski definition) is 0. The second kappa shape index (κ2) is 10.9. The highest BCUT2D eigenvalue weighted by molar-refractivity contribution is 7.07. The Bertz CT molecular complexity index is 1950. The normalized spacial score (nSPS) is 14.9. The van der Waals surface area contributed by atoms with E-state index in [0.29, 0.717) is 26.4 Å². The van der Waals surface area contributed by atoms with E-state index in [0.717, 1.165) is 28.1 Å². The molecule has 8 nitrogen and oxygen atoms in total. The highest BCUT2D eigenvalue weighted by Gasteiger charge is 2.33. The molecular formula is C32H26N4O4S. The molecule has 9 heteroatoms. The number of hydrogen-bond acceptors (Lipinski definition) is 7. The number of ether oxygens (including phenoxy) is 2. The predicted octanol–water partition coefficient (Wildman–Crippen LogP) is 4.27. The number of benzene rings is 3. The number of thiazole rings is 1. The second-order valence-electron chi connectivity index (χ2n) is 9.43. The van der Waals surface area contributed by atoms with Gasteiger partial charge in [-0.2, -0.15) is 5.10 Å². The standard InChI is InChI=1S/C32H26N4O4S/c1-20-27(31(38)40-3)29(22-14-16-25(39-2)17-15-22)36-30(37)26(41-32(36)33-20)18-23-19-35(24-12-8-5-9-13-24)34-28(23)21-10-6-4-7-11-21/h4-19,29H,1-3H3/b26-18-/t29-/m1/s1. The van der Waals surface area contributed by atoms with Crippen molar-refractivity contribution in [2.24, 2.45) is 4.99 Å². The third-order valence-corrected chi connectivity index (χ3v) is 7.94. The summed E-state index contributed by atoms with van der Waals surface area (Å²) < 4.78 is 14.3. The summed E-state index contributed by atoms with van der Waals surface area (Å²) in [6.07, 6.45) is 3.77. The molecule has 0 N–H and O–H groups in total. The minimum atomic E-state index is -0.701. The van der Waals surface area contributed by atoms with Crippen molar-refractivity contribution in [1.82, 2.24) is 14.3 Å². The molecule has 1 atom stereocenters. The number of aromatic nitrogens is 3. The Morgan fingerprint density at radius 3 is 2.29 bits per heavy atom. The number of carbonyl (C=O) groups excluding carboxylic acids is 1. The number of nitrogens with zero attached hydrogens (tertiary/aromatic N) is 4. The summed E-state index contributed by atoms with van der Waals surface area (Å²) in [4.78, 5) is 32.2. The van der Waals surface area contributed by atoms with Crippen LogP contribution >= 0.6 is 11.3 Å². The number of methoxy groups -OCH3 is 2. The zero-order valence-corrected chi connectivity index (χ0v) is 23.5. The van der Waals surface area contributed by atoms with Gasteiger partial charge in [-0.05, 0) is 42.8 Å². The summed E-state index contributed by atoms with van der Waals surface area (Å²) in [5, 5.41) is 4.87. The summed E-state index contributed by atoms with van der Waals surface area (Å²) in [7, 11) is 2.92. The van der Waals surface area contributed by atoms with Crippen molar-refractivity contribution >= 4 is 23.4 Å². The molecule has 3 aromatic carbocycles. The maximum atomic E-state index is 14.1. The lowest BCUT2D eigenvalue weighted by Gasteiger charge is -2.24. The van der Waals surface area contributed by atoms with Gasteiger partial charge in [-0.3, -0.25) is 9.36 Å². The van der Waals surface area contributed by atoms with E-state index in [-0.39, 0.29) is 5.56 Å². The van der Waals surface area contributed by atoms with Crippen molar-refractivity contribution in [3.8, 4) is 22.7 Å². The molecule has 0 fully saturated rings. The molecule has 6 rings (SSSR count). The van der Waals surface area contributed by atoms with Crippen molar-refractivity contribution in [1.29, 1.82) is 0 Å². The molecule has 41 heavy (non-hydrogen) atoms. The lowest BCUT2D eigenvalue weighted by molar-refractivity contribution is -0.136. The Labute approximate surface area is 239 Å². The van der Waals surface area contributed by atoms with E-state index in [1.54, 1.807) is 30.7 Å². The molecule has 3 heterocycles. The molecular weight excluding hydrogens is 536 g/mol. The van der Waals surface area contributed by atoms with Gasteiger partial charge in [0.05, 0.1) is 47.4 Å². The molecule has 0 unspecified atom stereocenters. The van der Waals surface area contributed by atoms with Gasteiger partial charge in [-0.1, -0.05) is 72.0 Å². The van der Waals surface area contributed by atoms with Crippen molar-refractivity contribution in [3.63, 3.8) is 0 Å². The van der Waals surface area contributed by atoms with Gasteiger partial charge in [0.25, 0.3) is 5.56 Å². The van der Waals surface area contributed by atoms with Crippen LogP contribution in [0.1, 0.15) is 24.1 Å². The third kappa shape index (κ3) is 4.81. The van der Waals surface area contributed by atoms with Crippen LogP contribution in [0.25, 0.3) is 23.0 Å². The average molecular weight is 563 g/mol. The van der Waals surface area contributed by atoms with Gasteiger partial charge in [-0.25, -0.2) is 14.5 Å². The topological polar surface area (TPSA) is 87.7 Å². The fourth-order valence-electron chi connectivity index (χ4n) is 4.96. The Balaban J connectivity index is 1.56. The molecule has 2 aromatic heterocycles. The Morgan fingerprint density at radius 1 is 0.951 bits per heavy atom. The van der Waals surface area contributed by atoms with E-state index < -0.39 is 12.0 Å². The van der Waals surface area contributed by atoms with Gasteiger partial charge in [0.1, 0.15) is 5.75 Å². The lowest BCUT2D eigenvalue weighted by atomic mass is 9.96. The predicted molar refractivity (Wildman–Crippen MR) is 158 cm³/mol. The molecule has 1 aliphatic heterocycles. The lowest BCUT2D eigenvalue weighted by Crippen LogP contribution is -2.39. The van der Waals surface area contributed by atoms with Crippen LogP contribution in [0.4, 0.5) is 0 Å². The summed E-state index contributed by atoms with van der Waals surface area (Å²) in [6.45, 7) is 1.76. The van der Waals surface area contributed by atoms with Crippen LogP contribution in [0.5, 0.6) is 5.75 Å². The van der Waals surface area contributed by atoms with Gasteiger partial charge >= 0.3 is 5.97 Å². The van der Waals surface area contributed by atoms with Gasteiger partial charge in [-0.15, -0.1) is 0 Å². The van der Waals surface area contributed by atoms with Crippen LogP contribution < -0.4 is 19.6 Å². The van der Waals surface area contributed by atoms with Gasteiger partial charge < -0.3 is 9.47 Å². The summed E-state index contributed by atoms with van der Waals surface area (Å²) >= 11 is 1.28. The third-order valence-electron chi connectivity index (χ3n) is 6.96. The average Bonchev–Trinajstić information content (AvgIpc) is 3.57. The summed E-state index contributed by atoms with van der Waals surface area (Å²) in [6, 6.07) is 26.3. The number of esters is 1. The van der Waals surface area contributed by atoms with Crippen LogP contribution in [0, 0.1) is 0 Å². The Morgan fingerprint density at radius 2 is 1.63 bits per heavy atom. The van der Waals surface area contributed by atoms with Crippen molar-refractivity contribution in [3.05, 3.63) is 133 Å². The van der Waals surface area contributed by atoms with Crippen LogP contribution in [-0.2, 0) is 9.53 Å². The molecule has 0 aliphatic carbocycles. The van der Waals surface area contributed by atoms with Gasteiger partial charge in [0.15, 0.2) is 4.80 Å². The second-order valence-corrected chi connectivity index (χ2v) is 10.4. The Kier molecular flexibility index (Phi) is 6.94. The van der Waals surface area contributed by atoms with Crippen LogP contribution in [0.2, 0.25) is 0 Å². The van der Waals surface area contributed by atoms with Crippen LogP contribution in [0.3, 0.4) is 0 Å². The quantitative estimate of drug-likeness (QED) is 0.289. The zero-order chi connectivity index (χ0) is 28.5. The van der Waals surface area contributed by atoms with Crippen molar-refractivity contribution in [2.45, 2.75) is 13.0 Å². The van der Waals surface area contributed by atoms with E-state index in [1.807, 2.05) is 89.8 Å². The maximum Gasteiger partial charge on any atom is 0.338 e. The molecule has 204 valence electrons. The number of allylic oxidation sites excluding steroid dienone is 1. The Hall–Kier alpha value is -5.02. The first-order valence-corrected chi connectivity index (χ1v) is 13.8. The molecule has 0 bridgehead atoms. The molecule has 1 aliphatic rings. The summed E-state index contributed by atoms with van der Waals surface area (Å²) in [5.74, 6) is 0.141. The molecule has 0 radical (unpaired) electrons. The first-order chi connectivity index (χ1) is 20.0. The SMILES string of the molecule is COC(=O)C1=C(C)N=c2s/c(=C\c3cn(-c4ccccc4)nc3-c3ccccc3)c(=O)n2[C@@H]1c1ccc(OC)cc1. The number of carbonyl (C=O) groups is 1. The van der Waals surface area contributed by atoms with Gasteiger partial charge in [0, 0.05) is 17.3 Å². The summed E-state index contributed by atoms with van der Waals surface area (Å²) in [5.41, 5.74) is 4.69. The fourth-order valence-corrected chi connectivity index (χ4v) is 6.00. The molecule has 0 amide bonds. The van der Waals surface area contributed by atoms with E-state index in [4.69, 9.17) is 14.6 Å². The largest absolute Gasteiger partial charge is 0.497 e. The van der Waals surface area contributed by atoms with E-state index >= 15 is 0 Å². The number of rotatable bonds is 6. The molecule has 5 aromatic rings. The van der Waals surface area contributed by atoms with Crippen molar-refractivity contribution in [2.75, 3.05) is 14.2 Å². The minimum absolute atomic E-state index is 0.255.